The second kappa shape index (κ2) is 10.3. The molecule has 0 aliphatic carbocycles. The molecule has 0 aromatic carbocycles. The molecule has 0 atom stereocenters. The molecular weight excluding hydrogens is 268 g/mol. The zero-order valence-electron chi connectivity index (χ0n) is 12.3. The minimum atomic E-state index is -3.21. The minimum Gasteiger partial charge on any atom is -0.465 e. The molecule has 0 amide bonds. The Morgan fingerprint density at radius 1 is 1.15 bits per heavy atom. The van der Waals surface area contributed by atoms with Gasteiger partial charge in [0.25, 0.3) is 0 Å². The lowest BCUT2D eigenvalue weighted by atomic mass is 10.1. The highest BCUT2D eigenvalue weighted by atomic mass is 19.3. The lowest BCUT2D eigenvalue weighted by Crippen LogP contribution is -2.27. The van der Waals surface area contributed by atoms with Crippen molar-refractivity contribution in [2.45, 2.75) is 46.0 Å². The van der Waals surface area contributed by atoms with Crippen molar-refractivity contribution in [2.75, 3.05) is 20.2 Å². The van der Waals surface area contributed by atoms with E-state index in [1.807, 2.05) is 13.8 Å². The molecule has 6 heteroatoms. The molecule has 0 aliphatic heterocycles. The number of unbranched alkanes of at least 4 members (excludes halogenated alkanes) is 2. The number of carbonyl (C=O) groups is 2. The van der Waals surface area contributed by atoms with Crippen LogP contribution in [0.3, 0.4) is 0 Å². The van der Waals surface area contributed by atoms with Crippen molar-refractivity contribution in [1.29, 1.82) is 0 Å². The van der Waals surface area contributed by atoms with E-state index in [-0.39, 0.29) is 0 Å². The van der Waals surface area contributed by atoms with Crippen LogP contribution in [0.5, 0.6) is 0 Å². The van der Waals surface area contributed by atoms with Gasteiger partial charge in [-0.1, -0.05) is 26.7 Å². The van der Waals surface area contributed by atoms with E-state index >= 15 is 0 Å². The summed E-state index contributed by atoms with van der Waals surface area (Å²) in [7, 11) is 1.07. The van der Waals surface area contributed by atoms with Crippen LogP contribution in [-0.4, -0.2) is 43.3 Å². The molecule has 0 N–H and O–H groups in total. The molecule has 20 heavy (non-hydrogen) atoms. The van der Waals surface area contributed by atoms with E-state index in [4.69, 9.17) is 0 Å². The Kier molecular flexibility index (Phi) is 9.59. The topological polar surface area (TPSA) is 46.6 Å². The highest BCUT2D eigenvalue weighted by molar-refractivity contribution is 6.18. The van der Waals surface area contributed by atoms with Crippen LogP contribution in [0.4, 0.5) is 8.78 Å². The molecule has 0 aromatic heterocycles. The summed E-state index contributed by atoms with van der Waals surface area (Å²) in [5.41, 5.74) is -0.588. The maximum atomic E-state index is 12.5. The third-order valence-corrected chi connectivity index (χ3v) is 2.78. The molecule has 0 unspecified atom stereocenters. The van der Waals surface area contributed by atoms with E-state index in [1.165, 1.54) is 6.20 Å². The first-order valence-corrected chi connectivity index (χ1v) is 6.84. The molecule has 0 bridgehead atoms. The molecule has 0 fully saturated rings. The molecular formula is C14H23F2NO3. The quantitative estimate of drug-likeness (QED) is 0.269. The Labute approximate surface area is 118 Å². The van der Waals surface area contributed by atoms with Crippen LogP contribution in [0.1, 0.15) is 39.5 Å². The van der Waals surface area contributed by atoms with Crippen molar-refractivity contribution in [2.24, 2.45) is 0 Å². The summed E-state index contributed by atoms with van der Waals surface area (Å²) < 4.78 is 29.4. The first-order chi connectivity index (χ1) is 9.47. The molecule has 0 rings (SSSR count). The summed E-state index contributed by atoms with van der Waals surface area (Å²) in [6, 6.07) is 0. The number of carbonyl (C=O) groups excluding carboxylic acids is 2. The third-order valence-electron chi connectivity index (χ3n) is 2.78. The van der Waals surface area contributed by atoms with E-state index < -0.39 is 23.8 Å². The number of ketones is 1. The fraction of sp³-hybridized carbons (Fsp3) is 0.714. The highest BCUT2D eigenvalue weighted by Gasteiger charge is 2.27. The fourth-order valence-corrected chi connectivity index (χ4v) is 1.59. The molecule has 0 heterocycles. The Morgan fingerprint density at radius 3 is 2.00 bits per heavy atom. The number of esters is 1. The second-order valence-corrected chi connectivity index (χ2v) is 4.44. The average molecular weight is 291 g/mol. The van der Waals surface area contributed by atoms with Gasteiger partial charge in [-0.05, 0) is 12.8 Å². The Balaban J connectivity index is 5.12. The predicted octanol–water partition coefficient (Wildman–Crippen LogP) is 2.78. The second-order valence-electron chi connectivity index (χ2n) is 4.44. The summed E-state index contributed by atoms with van der Waals surface area (Å²) in [5.74, 6) is -2.51. The van der Waals surface area contributed by atoms with E-state index in [0.717, 1.165) is 32.8 Å². The Morgan fingerprint density at radius 2 is 1.65 bits per heavy atom. The average Bonchev–Trinajstić information content (AvgIpc) is 2.44. The van der Waals surface area contributed by atoms with E-state index in [0.29, 0.717) is 13.1 Å². The van der Waals surface area contributed by atoms with Crippen molar-refractivity contribution in [3.05, 3.63) is 11.8 Å². The maximum Gasteiger partial charge on any atom is 0.343 e. The van der Waals surface area contributed by atoms with Crippen molar-refractivity contribution < 1.29 is 23.1 Å². The van der Waals surface area contributed by atoms with Crippen LogP contribution in [0, 0.1) is 0 Å². The number of methoxy groups -OCH3 is 1. The van der Waals surface area contributed by atoms with E-state index in [2.05, 4.69) is 4.74 Å². The van der Waals surface area contributed by atoms with Gasteiger partial charge in [0.1, 0.15) is 5.57 Å². The smallest absolute Gasteiger partial charge is 0.343 e. The monoisotopic (exact) mass is 291 g/mol. The van der Waals surface area contributed by atoms with Gasteiger partial charge in [-0.25, -0.2) is 13.6 Å². The number of halogens is 2. The van der Waals surface area contributed by atoms with Crippen molar-refractivity contribution in [1.82, 2.24) is 4.90 Å². The first-order valence-electron chi connectivity index (χ1n) is 6.84. The molecule has 0 aliphatic rings. The van der Waals surface area contributed by atoms with Gasteiger partial charge in [0.05, 0.1) is 7.11 Å². The number of rotatable bonds is 10. The largest absolute Gasteiger partial charge is 0.465 e. The number of ether oxygens (including phenoxy) is 1. The van der Waals surface area contributed by atoms with Crippen LogP contribution >= 0.6 is 0 Å². The normalized spacial score (nSPS) is 11.6. The van der Waals surface area contributed by atoms with E-state index in [9.17, 15) is 18.4 Å². The van der Waals surface area contributed by atoms with Gasteiger partial charge in [0.2, 0.25) is 5.78 Å². The molecule has 0 aromatic rings. The summed E-state index contributed by atoms with van der Waals surface area (Å²) >= 11 is 0. The summed E-state index contributed by atoms with van der Waals surface area (Å²) in [6.45, 7) is 5.25. The number of Topliss-reactive ketones (excluding diaryl/α,β-unsaturated/α-hetero) is 1. The van der Waals surface area contributed by atoms with Crippen LogP contribution in [0.15, 0.2) is 11.8 Å². The first kappa shape index (κ1) is 18.5. The van der Waals surface area contributed by atoms with Crippen molar-refractivity contribution in [3.8, 4) is 0 Å². The SMILES string of the molecule is CCCCN(/C=C(\C(=O)OC)C(=O)C(F)F)CCCC. The Bertz CT molecular complexity index is 335. The van der Waals surface area contributed by atoms with Crippen LogP contribution in [0.25, 0.3) is 0 Å². The zero-order valence-corrected chi connectivity index (χ0v) is 12.3. The fourth-order valence-electron chi connectivity index (χ4n) is 1.59. The van der Waals surface area contributed by atoms with E-state index in [1.54, 1.807) is 4.90 Å². The Hall–Kier alpha value is -1.46. The standard InChI is InChI=1S/C14H23F2NO3/c1-4-6-8-17(9-7-5-2)10-11(14(19)20-3)12(18)13(15)16/h10,13H,4-9H2,1-3H3/b11-10-. The summed E-state index contributed by atoms with van der Waals surface area (Å²) in [5, 5.41) is 0. The van der Waals surface area contributed by atoms with Gasteiger partial charge >= 0.3 is 12.4 Å². The molecule has 0 radical (unpaired) electrons. The number of nitrogens with zero attached hydrogens (tertiary/aromatic N) is 1. The van der Waals surface area contributed by atoms with Gasteiger partial charge < -0.3 is 9.64 Å². The van der Waals surface area contributed by atoms with Crippen LogP contribution in [0.2, 0.25) is 0 Å². The zero-order chi connectivity index (χ0) is 15.5. The van der Waals surface area contributed by atoms with Gasteiger partial charge in [0, 0.05) is 19.3 Å². The summed E-state index contributed by atoms with van der Waals surface area (Å²) in [6.07, 6.45) is 1.60. The lowest BCUT2D eigenvalue weighted by molar-refractivity contribution is -0.140. The molecule has 0 spiro atoms. The van der Waals surface area contributed by atoms with Crippen molar-refractivity contribution in [3.63, 3.8) is 0 Å². The van der Waals surface area contributed by atoms with Gasteiger partial charge in [-0.3, -0.25) is 4.79 Å². The number of hydrogen-bond acceptors (Lipinski definition) is 4. The van der Waals surface area contributed by atoms with Gasteiger partial charge in [-0.15, -0.1) is 0 Å². The molecule has 116 valence electrons. The van der Waals surface area contributed by atoms with Gasteiger partial charge in [-0.2, -0.15) is 0 Å². The van der Waals surface area contributed by atoms with Crippen LogP contribution in [-0.2, 0) is 14.3 Å². The number of hydrogen-bond donors (Lipinski definition) is 0. The predicted molar refractivity (Wildman–Crippen MR) is 72.5 cm³/mol. The minimum absolute atomic E-state index is 0.588. The van der Waals surface area contributed by atoms with Crippen LogP contribution < -0.4 is 0 Å². The number of alkyl halides is 2. The highest BCUT2D eigenvalue weighted by Crippen LogP contribution is 2.11. The molecule has 0 saturated carbocycles. The summed E-state index contributed by atoms with van der Waals surface area (Å²) in [4.78, 5) is 24.6. The maximum absolute atomic E-state index is 12.5. The lowest BCUT2D eigenvalue weighted by Gasteiger charge is -2.21. The van der Waals surface area contributed by atoms with Crippen molar-refractivity contribution >= 4 is 11.8 Å². The molecule has 0 saturated heterocycles. The third kappa shape index (κ3) is 6.63. The van der Waals surface area contributed by atoms with Gasteiger partial charge in [0.15, 0.2) is 0 Å². The molecule has 4 nitrogen and oxygen atoms in total.